The normalized spacial score (nSPS) is 10.2. The van der Waals surface area contributed by atoms with E-state index in [2.05, 4.69) is 20.3 Å². The molecule has 2 aromatic heterocycles. The van der Waals surface area contributed by atoms with Crippen molar-refractivity contribution in [3.8, 4) is 0 Å². The number of esters is 1. The topological polar surface area (TPSA) is 109 Å². The predicted octanol–water partition coefficient (Wildman–Crippen LogP) is 2.44. The number of rotatable bonds is 5. The van der Waals surface area contributed by atoms with E-state index in [1.807, 2.05) is 0 Å². The molecule has 0 unspecified atom stereocenters. The summed E-state index contributed by atoms with van der Waals surface area (Å²) in [6, 6.07) is 6.68. The van der Waals surface area contributed by atoms with Gasteiger partial charge in [0.15, 0.2) is 0 Å². The molecule has 136 valence electrons. The van der Waals surface area contributed by atoms with Crippen molar-refractivity contribution in [1.82, 2.24) is 25.0 Å². The zero-order chi connectivity index (χ0) is 17.8. The molecule has 0 saturated heterocycles. The van der Waals surface area contributed by atoms with Crippen molar-refractivity contribution in [1.29, 1.82) is 0 Å². The first-order valence-electron chi connectivity index (χ1n) is 7.41. The van der Waals surface area contributed by atoms with Crippen molar-refractivity contribution in [2.45, 2.75) is 20.1 Å². The highest BCUT2D eigenvalue weighted by Gasteiger charge is 2.12. The number of benzene rings is 1. The molecule has 26 heavy (non-hydrogen) atoms. The highest BCUT2D eigenvalue weighted by atomic mass is 35.5. The Bertz CT molecular complexity index is 915. The highest BCUT2D eigenvalue weighted by Crippen LogP contribution is 2.16. The molecule has 0 spiro atoms. The number of nitrogen functional groups attached to an aromatic ring is 1. The summed E-state index contributed by atoms with van der Waals surface area (Å²) in [5, 5.41) is 8.29. The third kappa shape index (κ3) is 4.68. The number of anilines is 1. The van der Waals surface area contributed by atoms with Gasteiger partial charge in [0.25, 0.3) is 0 Å². The molecule has 3 aromatic rings. The van der Waals surface area contributed by atoms with Crippen molar-refractivity contribution >= 4 is 35.8 Å². The van der Waals surface area contributed by atoms with Crippen molar-refractivity contribution in [2.75, 3.05) is 5.73 Å². The van der Waals surface area contributed by atoms with E-state index < -0.39 is 5.97 Å². The molecule has 8 nitrogen and oxygen atoms in total. The summed E-state index contributed by atoms with van der Waals surface area (Å²) in [7, 11) is 0. The summed E-state index contributed by atoms with van der Waals surface area (Å²) in [5.74, 6) is 0.484. The molecule has 0 fully saturated rings. The van der Waals surface area contributed by atoms with Gasteiger partial charge in [0.05, 0.1) is 23.3 Å². The van der Waals surface area contributed by atoms with Crippen LogP contribution in [0, 0.1) is 6.92 Å². The number of hydrogen-bond acceptors (Lipinski definition) is 7. The van der Waals surface area contributed by atoms with E-state index in [-0.39, 0.29) is 19.0 Å². The number of nitrogens with two attached hydrogens (primary N) is 1. The Morgan fingerprint density at radius 2 is 2.12 bits per heavy atom. The van der Waals surface area contributed by atoms with Gasteiger partial charge in [0.1, 0.15) is 23.9 Å². The van der Waals surface area contributed by atoms with Gasteiger partial charge in [-0.15, -0.1) is 17.5 Å². The fourth-order valence-electron chi connectivity index (χ4n) is 2.13. The minimum absolute atomic E-state index is 0. The van der Waals surface area contributed by atoms with Gasteiger partial charge in [-0.3, -0.25) is 0 Å². The fraction of sp³-hybridized carbons (Fsp3) is 0.188. The average molecular weight is 395 g/mol. The lowest BCUT2D eigenvalue weighted by molar-refractivity contribution is 0.0468. The molecule has 3 rings (SSSR count). The van der Waals surface area contributed by atoms with E-state index in [1.54, 1.807) is 48.3 Å². The number of nitrogens with zero attached hydrogens (tertiary/aromatic N) is 5. The van der Waals surface area contributed by atoms with Crippen LogP contribution in [0.1, 0.15) is 27.4 Å². The first kappa shape index (κ1) is 19.6. The molecule has 0 radical (unpaired) electrons. The second-order valence-electron chi connectivity index (χ2n) is 5.29. The molecule has 0 saturated carbocycles. The highest BCUT2D eigenvalue weighted by molar-refractivity contribution is 6.33. The molecule has 0 amide bonds. The van der Waals surface area contributed by atoms with Crippen LogP contribution in [0.15, 0.2) is 36.7 Å². The van der Waals surface area contributed by atoms with Gasteiger partial charge in [-0.2, -0.15) is 0 Å². The van der Waals surface area contributed by atoms with Gasteiger partial charge in [-0.25, -0.2) is 19.4 Å². The van der Waals surface area contributed by atoms with Crippen molar-refractivity contribution in [2.24, 2.45) is 0 Å². The Morgan fingerprint density at radius 3 is 2.85 bits per heavy atom. The van der Waals surface area contributed by atoms with Crippen LogP contribution in [0.2, 0.25) is 5.02 Å². The third-order valence-corrected chi connectivity index (χ3v) is 3.71. The van der Waals surface area contributed by atoms with Crippen LogP contribution in [0.5, 0.6) is 0 Å². The van der Waals surface area contributed by atoms with E-state index in [9.17, 15) is 4.79 Å². The Hall–Kier alpha value is -2.71. The van der Waals surface area contributed by atoms with Gasteiger partial charge in [-0.05, 0) is 19.1 Å². The molecule has 0 aliphatic heterocycles. The standard InChI is InChI=1S/C16H15ClN6O2.ClH/c1-10-19-6-11(15(18)20-10)7-23-8-12(21-22-23)9-25-16(24)13-4-2-3-5-14(13)17;/h2-6,8H,7,9H2,1H3,(H2,18,19,20);1H. The maximum Gasteiger partial charge on any atom is 0.340 e. The monoisotopic (exact) mass is 394 g/mol. The van der Waals surface area contributed by atoms with Crippen LogP contribution in [0.3, 0.4) is 0 Å². The van der Waals surface area contributed by atoms with E-state index in [0.29, 0.717) is 34.5 Å². The van der Waals surface area contributed by atoms with Crippen molar-refractivity contribution < 1.29 is 9.53 Å². The summed E-state index contributed by atoms with van der Waals surface area (Å²) in [6.45, 7) is 2.13. The smallest absolute Gasteiger partial charge is 0.340 e. The maximum absolute atomic E-state index is 12.0. The van der Waals surface area contributed by atoms with Gasteiger partial charge in [0.2, 0.25) is 0 Å². The fourth-order valence-corrected chi connectivity index (χ4v) is 2.35. The molecule has 2 heterocycles. The molecule has 0 aliphatic carbocycles. The summed E-state index contributed by atoms with van der Waals surface area (Å²) in [5.41, 5.74) is 7.40. The molecule has 0 atom stereocenters. The zero-order valence-corrected chi connectivity index (χ0v) is 15.4. The molecule has 2 N–H and O–H groups in total. The summed E-state index contributed by atoms with van der Waals surface area (Å²) in [4.78, 5) is 20.2. The molecular weight excluding hydrogens is 379 g/mol. The van der Waals surface area contributed by atoms with Gasteiger partial charge >= 0.3 is 5.97 Å². The number of aromatic nitrogens is 5. The molecule has 1 aromatic carbocycles. The second kappa shape index (κ2) is 8.59. The lowest BCUT2D eigenvalue weighted by Gasteiger charge is -2.05. The Balaban J connectivity index is 0.00000243. The van der Waals surface area contributed by atoms with E-state index in [1.165, 1.54) is 0 Å². The molecule has 10 heteroatoms. The zero-order valence-electron chi connectivity index (χ0n) is 13.8. The van der Waals surface area contributed by atoms with E-state index >= 15 is 0 Å². The number of carbonyl (C=O) groups is 1. The largest absolute Gasteiger partial charge is 0.455 e. The molecule has 0 aliphatic rings. The first-order chi connectivity index (χ1) is 12.0. The van der Waals surface area contributed by atoms with E-state index in [0.717, 1.165) is 5.56 Å². The number of halogens is 2. The van der Waals surface area contributed by atoms with E-state index in [4.69, 9.17) is 22.1 Å². The van der Waals surface area contributed by atoms with Crippen LogP contribution in [-0.4, -0.2) is 30.9 Å². The van der Waals surface area contributed by atoms with Gasteiger partial charge in [0, 0.05) is 11.8 Å². The minimum atomic E-state index is -0.517. The van der Waals surface area contributed by atoms with Gasteiger partial charge in [-0.1, -0.05) is 28.9 Å². The molecule has 0 bridgehead atoms. The second-order valence-corrected chi connectivity index (χ2v) is 5.70. The number of aryl methyl sites for hydroxylation is 1. The lowest BCUT2D eigenvalue weighted by atomic mass is 10.2. The Kier molecular flexibility index (Phi) is 6.48. The number of carbonyl (C=O) groups excluding carboxylic acids is 1. The van der Waals surface area contributed by atoms with Crippen LogP contribution in [0.4, 0.5) is 5.82 Å². The Labute approximate surface area is 160 Å². The SMILES string of the molecule is Cc1ncc(Cn2cc(COC(=O)c3ccccc3Cl)nn2)c(N)n1.Cl. The minimum Gasteiger partial charge on any atom is -0.455 e. The third-order valence-electron chi connectivity index (χ3n) is 3.38. The van der Waals surface area contributed by atoms with Crippen LogP contribution < -0.4 is 5.73 Å². The Morgan fingerprint density at radius 1 is 1.35 bits per heavy atom. The predicted molar refractivity (Wildman–Crippen MR) is 98.1 cm³/mol. The van der Waals surface area contributed by atoms with Crippen LogP contribution >= 0.6 is 24.0 Å². The summed E-state index contributed by atoms with van der Waals surface area (Å²) < 4.78 is 6.78. The number of hydrogen-bond donors (Lipinski definition) is 1. The van der Waals surface area contributed by atoms with Crippen molar-refractivity contribution in [3.63, 3.8) is 0 Å². The summed E-state index contributed by atoms with van der Waals surface area (Å²) >= 11 is 5.96. The van der Waals surface area contributed by atoms with Crippen molar-refractivity contribution in [3.05, 3.63) is 64.3 Å². The number of ether oxygens (including phenoxy) is 1. The van der Waals surface area contributed by atoms with Gasteiger partial charge < -0.3 is 10.5 Å². The summed E-state index contributed by atoms with van der Waals surface area (Å²) in [6.07, 6.45) is 3.32. The first-order valence-corrected chi connectivity index (χ1v) is 7.79. The average Bonchev–Trinajstić information content (AvgIpc) is 3.03. The maximum atomic E-state index is 12.0. The molecular formula is C16H16Cl2N6O2. The quantitative estimate of drug-likeness (QED) is 0.661. The van der Waals surface area contributed by atoms with Crippen LogP contribution in [0.25, 0.3) is 0 Å². The lowest BCUT2D eigenvalue weighted by Crippen LogP contribution is -2.07. The van der Waals surface area contributed by atoms with Crippen LogP contribution in [-0.2, 0) is 17.9 Å².